The Morgan fingerprint density at radius 2 is 2.23 bits per heavy atom. The molecule has 0 spiro atoms. The van der Waals surface area contributed by atoms with Crippen molar-refractivity contribution in [2.24, 2.45) is 0 Å². The van der Waals surface area contributed by atoms with Crippen LogP contribution < -0.4 is 5.32 Å². The lowest BCUT2D eigenvalue weighted by Gasteiger charge is -2.30. The van der Waals surface area contributed by atoms with Gasteiger partial charge in [0.2, 0.25) is 0 Å². The highest BCUT2D eigenvalue weighted by atomic mass is 35.5. The van der Waals surface area contributed by atoms with Crippen LogP contribution in [0.15, 0.2) is 22.7 Å². The summed E-state index contributed by atoms with van der Waals surface area (Å²) in [6, 6.07) is 5.43. The van der Waals surface area contributed by atoms with Gasteiger partial charge < -0.3 is 9.84 Å². The maximum Gasteiger partial charge on any atom is 0.250 e. The second kappa shape index (κ2) is 6.79. The lowest BCUT2D eigenvalue weighted by Crippen LogP contribution is -2.44. The SMILES string of the molecule is CN1CCNCC1c1noc(/C=C/c2cc(Cl)ccc2Cl)n1. The monoisotopic (exact) mass is 338 g/mol. The van der Waals surface area contributed by atoms with Crippen LogP contribution in [-0.4, -0.2) is 41.7 Å². The van der Waals surface area contributed by atoms with Crippen LogP contribution in [0.3, 0.4) is 0 Å². The highest BCUT2D eigenvalue weighted by Crippen LogP contribution is 2.23. The Morgan fingerprint density at radius 3 is 3.05 bits per heavy atom. The zero-order valence-electron chi connectivity index (χ0n) is 12.1. The van der Waals surface area contributed by atoms with Crippen molar-refractivity contribution >= 4 is 35.4 Å². The van der Waals surface area contributed by atoms with E-state index in [0.717, 1.165) is 25.2 Å². The molecule has 116 valence electrons. The fourth-order valence-electron chi connectivity index (χ4n) is 2.35. The molecule has 1 aromatic carbocycles. The summed E-state index contributed by atoms with van der Waals surface area (Å²) in [7, 11) is 2.06. The Labute approximate surface area is 138 Å². The zero-order valence-corrected chi connectivity index (χ0v) is 13.6. The molecule has 1 saturated heterocycles. The van der Waals surface area contributed by atoms with E-state index >= 15 is 0 Å². The van der Waals surface area contributed by atoms with Crippen LogP contribution in [-0.2, 0) is 0 Å². The van der Waals surface area contributed by atoms with Crippen LogP contribution in [0.25, 0.3) is 12.2 Å². The first-order valence-corrected chi connectivity index (χ1v) is 7.77. The largest absolute Gasteiger partial charge is 0.335 e. The standard InChI is InChI=1S/C15H16Cl2N4O/c1-21-7-6-18-9-13(21)15-19-14(22-20-15)5-2-10-8-11(16)3-4-12(10)17/h2-5,8,13,18H,6-7,9H2,1H3/b5-2+. The quantitative estimate of drug-likeness (QED) is 0.931. The predicted octanol–water partition coefficient (Wildman–Crippen LogP) is 3.12. The van der Waals surface area contributed by atoms with Gasteiger partial charge in [0, 0.05) is 35.8 Å². The first-order valence-electron chi connectivity index (χ1n) is 7.01. The van der Waals surface area contributed by atoms with Crippen molar-refractivity contribution in [2.45, 2.75) is 6.04 Å². The third-order valence-electron chi connectivity index (χ3n) is 3.63. The molecule has 0 aliphatic carbocycles. The number of nitrogens with one attached hydrogen (secondary N) is 1. The summed E-state index contributed by atoms with van der Waals surface area (Å²) < 4.78 is 5.28. The summed E-state index contributed by atoms with van der Waals surface area (Å²) in [5, 5.41) is 8.65. The van der Waals surface area contributed by atoms with Crippen LogP contribution in [0.2, 0.25) is 10.0 Å². The van der Waals surface area contributed by atoms with Gasteiger partial charge in [-0.1, -0.05) is 28.4 Å². The fourth-order valence-corrected chi connectivity index (χ4v) is 2.71. The number of halogens is 2. The predicted molar refractivity (Wildman–Crippen MR) is 87.9 cm³/mol. The summed E-state index contributed by atoms with van der Waals surface area (Å²) in [6.45, 7) is 2.76. The Bertz CT molecular complexity index is 686. The van der Waals surface area contributed by atoms with Gasteiger partial charge in [-0.05, 0) is 36.9 Å². The van der Waals surface area contributed by atoms with E-state index in [-0.39, 0.29) is 6.04 Å². The smallest absolute Gasteiger partial charge is 0.250 e. The molecular weight excluding hydrogens is 323 g/mol. The number of hydrogen-bond acceptors (Lipinski definition) is 5. The molecule has 1 aliphatic heterocycles. The average molecular weight is 339 g/mol. The Morgan fingerprint density at radius 1 is 1.36 bits per heavy atom. The van der Waals surface area contributed by atoms with Gasteiger partial charge in [0.15, 0.2) is 5.82 Å². The number of hydrogen-bond donors (Lipinski definition) is 1. The molecule has 5 nitrogen and oxygen atoms in total. The molecule has 0 saturated carbocycles. The summed E-state index contributed by atoms with van der Waals surface area (Å²) in [6.07, 6.45) is 3.55. The van der Waals surface area contributed by atoms with Crippen LogP contribution >= 0.6 is 23.2 Å². The molecule has 2 aromatic rings. The van der Waals surface area contributed by atoms with Gasteiger partial charge in [-0.3, -0.25) is 4.90 Å². The van der Waals surface area contributed by atoms with Crippen molar-refractivity contribution < 1.29 is 4.52 Å². The van der Waals surface area contributed by atoms with Crippen molar-refractivity contribution in [3.05, 3.63) is 45.5 Å². The molecule has 22 heavy (non-hydrogen) atoms. The molecular formula is C15H16Cl2N4O. The third-order valence-corrected chi connectivity index (χ3v) is 4.21. The van der Waals surface area contributed by atoms with Gasteiger partial charge in [0.1, 0.15) is 0 Å². The second-order valence-electron chi connectivity index (χ2n) is 5.19. The van der Waals surface area contributed by atoms with Crippen molar-refractivity contribution in [2.75, 3.05) is 26.7 Å². The topological polar surface area (TPSA) is 54.2 Å². The van der Waals surface area contributed by atoms with E-state index in [9.17, 15) is 0 Å². The van der Waals surface area contributed by atoms with E-state index in [2.05, 4.69) is 27.4 Å². The highest BCUT2D eigenvalue weighted by molar-refractivity contribution is 6.34. The van der Waals surface area contributed by atoms with Crippen molar-refractivity contribution in [3.8, 4) is 0 Å². The lowest BCUT2D eigenvalue weighted by atomic mass is 10.2. The van der Waals surface area contributed by atoms with E-state index in [1.807, 2.05) is 6.08 Å². The average Bonchev–Trinajstić information content (AvgIpc) is 2.97. The second-order valence-corrected chi connectivity index (χ2v) is 6.03. The summed E-state index contributed by atoms with van der Waals surface area (Å²) >= 11 is 12.1. The van der Waals surface area contributed by atoms with Crippen LogP contribution in [0.1, 0.15) is 23.3 Å². The van der Waals surface area contributed by atoms with Crippen molar-refractivity contribution in [1.82, 2.24) is 20.4 Å². The number of nitrogens with zero attached hydrogens (tertiary/aromatic N) is 3. The molecule has 0 amide bonds. The van der Waals surface area contributed by atoms with E-state index in [1.54, 1.807) is 24.3 Å². The lowest BCUT2D eigenvalue weighted by molar-refractivity contribution is 0.190. The minimum atomic E-state index is 0.134. The number of aromatic nitrogens is 2. The van der Waals surface area contributed by atoms with Gasteiger partial charge >= 0.3 is 0 Å². The van der Waals surface area contributed by atoms with Crippen LogP contribution in [0.5, 0.6) is 0 Å². The zero-order chi connectivity index (χ0) is 15.5. The minimum Gasteiger partial charge on any atom is -0.335 e. The molecule has 2 heterocycles. The number of likely N-dealkylation sites (N-methyl/N-ethyl adjacent to an activating group) is 1. The Kier molecular flexibility index (Phi) is 4.78. The van der Waals surface area contributed by atoms with Crippen LogP contribution in [0, 0.1) is 0 Å². The van der Waals surface area contributed by atoms with Gasteiger partial charge in [-0.2, -0.15) is 4.98 Å². The number of rotatable bonds is 3. The first-order chi connectivity index (χ1) is 10.6. The van der Waals surface area contributed by atoms with Crippen molar-refractivity contribution in [3.63, 3.8) is 0 Å². The summed E-state index contributed by atoms with van der Waals surface area (Å²) in [5.74, 6) is 1.14. The summed E-state index contributed by atoms with van der Waals surface area (Å²) in [4.78, 5) is 6.64. The molecule has 1 atom stereocenters. The number of benzene rings is 1. The van der Waals surface area contributed by atoms with Crippen LogP contribution in [0.4, 0.5) is 0 Å². The Hall–Kier alpha value is -1.40. The van der Waals surface area contributed by atoms with E-state index in [0.29, 0.717) is 21.8 Å². The molecule has 0 bridgehead atoms. The molecule has 1 unspecified atom stereocenters. The van der Waals surface area contributed by atoms with E-state index in [4.69, 9.17) is 27.7 Å². The molecule has 7 heteroatoms. The fraction of sp³-hybridized carbons (Fsp3) is 0.333. The molecule has 1 aromatic heterocycles. The third kappa shape index (κ3) is 3.50. The molecule has 0 radical (unpaired) electrons. The highest BCUT2D eigenvalue weighted by Gasteiger charge is 2.24. The number of piperazine rings is 1. The minimum absolute atomic E-state index is 0.134. The normalized spacial score (nSPS) is 19.9. The first kappa shape index (κ1) is 15.5. The summed E-state index contributed by atoms with van der Waals surface area (Å²) in [5.41, 5.74) is 0.811. The maximum absolute atomic E-state index is 6.12. The van der Waals surface area contributed by atoms with E-state index in [1.165, 1.54) is 0 Å². The molecule has 1 aliphatic rings. The van der Waals surface area contributed by atoms with Gasteiger partial charge in [-0.15, -0.1) is 0 Å². The molecule has 1 N–H and O–H groups in total. The van der Waals surface area contributed by atoms with Gasteiger partial charge in [0.25, 0.3) is 5.89 Å². The maximum atomic E-state index is 6.12. The Balaban J connectivity index is 1.76. The van der Waals surface area contributed by atoms with Gasteiger partial charge in [0.05, 0.1) is 6.04 Å². The molecule has 3 rings (SSSR count). The van der Waals surface area contributed by atoms with E-state index < -0.39 is 0 Å². The van der Waals surface area contributed by atoms with Gasteiger partial charge in [-0.25, -0.2) is 0 Å². The van der Waals surface area contributed by atoms with Crippen molar-refractivity contribution in [1.29, 1.82) is 0 Å². The molecule has 1 fully saturated rings.